The van der Waals surface area contributed by atoms with Gasteiger partial charge in [0.2, 0.25) is 11.8 Å². The average Bonchev–Trinajstić information content (AvgIpc) is 3.17. The maximum Gasteiger partial charge on any atom is 0.244 e. The number of ether oxygens (including phenoxy) is 1. The minimum Gasteiger partial charge on any atom is -0.372 e. The number of morpholine rings is 1. The number of nitrogens with zero attached hydrogens (tertiary/aromatic N) is 3. The van der Waals surface area contributed by atoms with Gasteiger partial charge in [0.05, 0.1) is 41.7 Å². The molecule has 36 heavy (non-hydrogen) atoms. The number of rotatable bonds is 4. The van der Waals surface area contributed by atoms with Crippen molar-refractivity contribution in [3.8, 4) is 0 Å². The summed E-state index contributed by atoms with van der Waals surface area (Å²) in [7, 11) is 0. The molecule has 0 aliphatic carbocycles. The van der Waals surface area contributed by atoms with Crippen molar-refractivity contribution in [1.82, 2.24) is 19.8 Å². The topological polar surface area (TPSA) is 90.6 Å². The number of hydrogen-bond acceptors (Lipinski definition) is 5. The fourth-order valence-electron chi connectivity index (χ4n) is 5.23. The number of benzene rings is 1. The van der Waals surface area contributed by atoms with E-state index < -0.39 is 11.6 Å². The van der Waals surface area contributed by atoms with Crippen LogP contribution in [-0.2, 0) is 14.3 Å². The van der Waals surface area contributed by atoms with Gasteiger partial charge in [-0.1, -0.05) is 25.4 Å². The highest BCUT2D eigenvalue weighted by molar-refractivity contribution is 6.33. The molecule has 2 fully saturated rings. The molecule has 2 aliphatic heterocycles. The summed E-state index contributed by atoms with van der Waals surface area (Å²) in [4.78, 5) is 38.2. The predicted molar refractivity (Wildman–Crippen MR) is 142 cm³/mol. The largest absolute Gasteiger partial charge is 0.372 e. The quantitative estimate of drug-likeness (QED) is 0.540. The second-order valence-electron chi connectivity index (χ2n) is 11.4. The van der Waals surface area contributed by atoms with E-state index in [1.165, 1.54) is 0 Å². The Morgan fingerprint density at radius 3 is 2.69 bits per heavy atom. The SMILES string of the molecule is CC1(C)CCN(C(=O)CN2CC(C)(C)OC[C@H]2C(=O)Nc2cc(Cl)cc3c2[nH]c2cnccc23)CC1. The molecular weight excluding hydrogens is 478 g/mol. The third-order valence-corrected chi connectivity index (χ3v) is 7.72. The zero-order chi connectivity index (χ0) is 25.7. The number of piperidine rings is 1. The lowest BCUT2D eigenvalue weighted by atomic mass is 9.82. The summed E-state index contributed by atoms with van der Waals surface area (Å²) in [5.41, 5.74) is 2.06. The molecule has 0 spiro atoms. The molecule has 2 N–H and O–H groups in total. The average molecular weight is 512 g/mol. The molecule has 4 heterocycles. The summed E-state index contributed by atoms with van der Waals surface area (Å²) in [5, 5.41) is 5.48. The van der Waals surface area contributed by atoms with Crippen LogP contribution in [0.25, 0.3) is 21.8 Å². The Morgan fingerprint density at radius 2 is 1.94 bits per heavy atom. The zero-order valence-corrected chi connectivity index (χ0v) is 22.1. The van der Waals surface area contributed by atoms with Crippen molar-refractivity contribution < 1.29 is 14.3 Å². The van der Waals surface area contributed by atoms with Crippen LogP contribution < -0.4 is 5.32 Å². The van der Waals surface area contributed by atoms with Gasteiger partial charge in [-0.2, -0.15) is 0 Å². The maximum absolute atomic E-state index is 13.6. The van der Waals surface area contributed by atoms with Gasteiger partial charge in [-0.05, 0) is 50.3 Å². The molecule has 1 atom stereocenters. The molecule has 192 valence electrons. The first-order valence-electron chi connectivity index (χ1n) is 12.5. The van der Waals surface area contributed by atoms with E-state index in [2.05, 4.69) is 29.1 Å². The number of halogens is 1. The minimum atomic E-state index is -0.594. The van der Waals surface area contributed by atoms with Crippen LogP contribution in [0.2, 0.25) is 5.02 Å². The fraction of sp³-hybridized carbons (Fsp3) is 0.519. The normalized spacial score (nSPS) is 22.1. The van der Waals surface area contributed by atoms with Gasteiger partial charge < -0.3 is 19.9 Å². The molecule has 2 aromatic heterocycles. The lowest BCUT2D eigenvalue weighted by Gasteiger charge is -2.44. The molecule has 1 aromatic carbocycles. The van der Waals surface area contributed by atoms with Crippen molar-refractivity contribution in [3.05, 3.63) is 35.6 Å². The van der Waals surface area contributed by atoms with E-state index in [-0.39, 0.29) is 30.4 Å². The first-order chi connectivity index (χ1) is 17.0. The molecule has 3 aromatic rings. The van der Waals surface area contributed by atoms with E-state index in [1.807, 2.05) is 35.8 Å². The maximum atomic E-state index is 13.6. The lowest BCUT2D eigenvalue weighted by Crippen LogP contribution is -2.60. The van der Waals surface area contributed by atoms with Crippen molar-refractivity contribution >= 4 is 50.9 Å². The number of pyridine rings is 1. The van der Waals surface area contributed by atoms with Crippen molar-refractivity contribution in [2.75, 3.05) is 38.1 Å². The highest BCUT2D eigenvalue weighted by Gasteiger charge is 2.39. The summed E-state index contributed by atoms with van der Waals surface area (Å²) in [6.07, 6.45) is 5.46. The van der Waals surface area contributed by atoms with E-state index in [9.17, 15) is 9.59 Å². The van der Waals surface area contributed by atoms with Crippen LogP contribution >= 0.6 is 11.6 Å². The van der Waals surface area contributed by atoms with Crippen molar-refractivity contribution in [2.24, 2.45) is 5.41 Å². The van der Waals surface area contributed by atoms with E-state index >= 15 is 0 Å². The summed E-state index contributed by atoms with van der Waals surface area (Å²) in [6, 6.07) is 4.94. The van der Waals surface area contributed by atoms with Crippen LogP contribution in [0.3, 0.4) is 0 Å². The van der Waals surface area contributed by atoms with Crippen molar-refractivity contribution in [1.29, 1.82) is 0 Å². The van der Waals surface area contributed by atoms with Crippen LogP contribution in [0.4, 0.5) is 5.69 Å². The monoisotopic (exact) mass is 511 g/mol. The molecule has 0 unspecified atom stereocenters. The number of nitrogens with one attached hydrogen (secondary N) is 2. The minimum absolute atomic E-state index is 0.0641. The molecule has 2 aliphatic rings. The van der Waals surface area contributed by atoms with Gasteiger partial charge in [0.15, 0.2) is 0 Å². The van der Waals surface area contributed by atoms with Crippen LogP contribution in [0.1, 0.15) is 40.5 Å². The van der Waals surface area contributed by atoms with Crippen LogP contribution in [-0.4, -0.2) is 76.0 Å². The smallest absolute Gasteiger partial charge is 0.244 e. The third kappa shape index (κ3) is 5.08. The summed E-state index contributed by atoms with van der Waals surface area (Å²) < 4.78 is 6.01. The van der Waals surface area contributed by atoms with Gasteiger partial charge in [0.1, 0.15) is 6.04 Å². The number of amides is 2. The molecule has 0 bridgehead atoms. The number of aromatic nitrogens is 2. The molecule has 9 heteroatoms. The first-order valence-corrected chi connectivity index (χ1v) is 12.9. The standard InChI is InChI=1S/C27H34ClN5O3/c1-26(2)6-9-32(10-7-26)23(34)14-33-16-27(3,4)36-15-22(33)25(35)31-20-12-17(28)11-19-18-5-8-29-13-21(18)30-24(19)20/h5,8,11-13,22,30H,6-7,9-10,14-16H2,1-4H3,(H,31,35)/t22-/m0/s1. The predicted octanol–water partition coefficient (Wildman–Crippen LogP) is 4.44. The van der Waals surface area contributed by atoms with Crippen molar-refractivity contribution in [3.63, 3.8) is 0 Å². The molecule has 8 nitrogen and oxygen atoms in total. The van der Waals surface area contributed by atoms with Gasteiger partial charge in [-0.3, -0.25) is 19.5 Å². The highest BCUT2D eigenvalue weighted by Crippen LogP contribution is 2.34. The Kier molecular flexibility index (Phi) is 6.47. The lowest BCUT2D eigenvalue weighted by molar-refractivity contribution is -0.151. The van der Waals surface area contributed by atoms with Crippen LogP contribution in [0.5, 0.6) is 0 Å². The Labute approximate surface area is 216 Å². The number of carbonyl (C=O) groups is 2. The fourth-order valence-corrected chi connectivity index (χ4v) is 5.45. The third-order valence-electron chi connectivity index (χ3n) is 7.50. The van der Waals surface area contributed by atoms with Gasteiger partial charge >= 0.3 is 0 Å². The molecule has 5 rings (SSSR count). The Hall–Kier alpha value is -2.68. The second kappa shape index (κ2) is 9.32. The van der Waals surface area contributed by atoms with E-state index in [0.29, 0.717) is 17.3 Å². The van der Waals surface area contributed by atoms with Gasteiger partial charge in [-0.25, -0.2) is 0 Å². The number of anilines is 1. The van der Waals surface area contributed by atoms with Gasteiger partial charge in [-0.15, -0.1) is 0 Å². The Bertz CT molecular complexity index is 1310. The van der Waals surface area contributed by atoms with E-state index in [0.717, 1.165) is 47.7 Å². The molecule has 0 saturated carbocycles. The zero-order valence-electron chi connectivity index (χ0n) is 21.4. The number of hydrogen-bond donors (Lipinski definition) is 2. The number of likely N-dealkylation sites (tertiary alicyclic amines) is 1. The Morgan fingerprint density at radius 1 is 1.19 bits per heavy atom. The van der Waals surface area contributed by atoms with Crippen molar-refractivity contribution in [2.45, 2.75) is 52.2 Å². The first kappa shape index (κ1) is 25.0. The summed E-state index contributed by atoms with van der Waals surface area (Å²) >= 11 is 6.43. The number of aromatic amines is 1. The molecule has 0 radical (unpaired) electrons. The summed E-state index contributed by atoms with van der Waals surface area (Å²) in [5.74, 6) is -0.160. The molecule has 2 amide bonds. The number of fused-ring (bicyclic) bond motifs is 3. The second-order valence-corrected chi connectivity index (χ2v) is 11.9. The van der Waals surface area contributed by atoms with E-state index in [1.54, 1.807) is 18.5 Å². The van der Waals surface area contributed by atoms with E-state index in [4.69, 9.17) is 16.3 Å². The summed E-state index contributed by atoms with van der Waals surface area (Å²) in [6.45, 7) is 10.9. The highest BCUT2D eigenvalue weighted by atomic mass is 35.5. The van der Waals surface area contributed by atoms with Gasteiger partial charge in [0.25, 0.3) is 0 Å². The van der Waals surface area contributed by atoms with Crippen LogP contribution in [0, 0.1) is 5.41 Å². The number of carbonyl (C=O) groups excluding carboxylic acids is 2. The number of H-pyrrole nitrogens is 1. The Balaban J connectivity index is 1.37. The van der Waals surface area contributed by atoms with Crippen LogP contribution in [0.15, 0.2) is 30.6 Å². The molecular formula is C27H34ClN5O3. The molecule has 2 saturated heterocycles. The van der Waals surface area contributed by atoms with Gasteiger partial charge in [0, 0.05) is 41.6 Å².